The Balaban J connectivity index is 2.03. The minimum absolute atomic E-state index is 0.0545. The van der Waals surface area contributed by atoms with Crippen LogP contribution in [0.15, 0.2) is 71.9 Å². The maximum absolute atomic E-state index is 11.8. The van der Waals surface area contributed by atoms with Crippen molar-refractivity contribution in [2.24, 2.45) is 0 Å². The summed E-state index contributed by atoms with van der Waals surface area (Å²) >= 11 is 0. The molecule has 4 aromatic rings. The maximum Gasteiger partial charge on any atom is 0.255 e. The van der Waals surface area contributed by atoms with E-state index in [1.807, 2.05) is 36.5 Å². The van der Waals surface area contributed by atoms with Crippen LogP contribution < -0.4 is 5.56 Å². The van der Waals surface area contributed by atoms with E-state index in [2.05, 4.69) is 28.2 Å². The van der Waals surface area contributed by atoms with Gasteiger partial charge >= 0.3 is 0 Å². The van der Waals surface area contributed by atoms with Gasteiger partial charge in [0.25, 0.3) is 5.56 Å². The van der Waals surface area contributed by atoms with Crippen LogP contribution in [-0.4, -0.2) is 9.97 Å². The zero-order chi connectivity index (χ0) is 14.2. The molecule has 0 aliphatic heterocycles. The van der Waals surface area contributed by atoms with E-state index in [9.17, 15) is 4.79 Å². The van der Waals surface area contributed by atoms with Crippen LogP contribution >= 0.6 is 0 Å². The average Bonchev–Trinajstić information content (AvgIpc) is 2.54. The van der Waals surface area contributed by atoms with Gasteiger partial charge in [-0.25, -0.2) is 0 Å². The minimum Gasteiger partial charge on any atom is -0.329 e. The Bertz CT molecular complexity index is 1010. The number of rotatable bonds is 1. The van der Waals surface area contributed by atoms with Crippen molar-refractivity contribution < 1.29 is 0 Å². The summed E-state index contributed by atoms with van der Waals surface area (Å²) in [5, 5.41) is 3.93. The molecule has 2 aromatic carbocycles. The highest BCUT2D eigenvalue weighted by Gasteiger charge is 2.05. The van der Waals surface area contributed by atoms with Gasteiger partial charge in [0.2, 0.25) is 0 Å². The molecule has 0 aliphatic rings. The van der Waals surface area contributed by atoms with Crippen molar-refractivity contribution in [3.63, 3.8) is 0 Å². The third kappa shape index (κ3) is 1.91. The largest absolute Gasteiger partial charge is 0.329 e. The Kier molecular flexibility index (Phi) is 2.57. The lowest BCUT2D eigenvalue weighted by atomic mass is 9.97. The normalized spacial score (nSPS) is 11.0. The molecule has 0 unspecified atom stereocenters. The van der Waals surface area contributed by atoms with Gasteiger partial charge < -0.3 is 4.98 Å². The molecule has 0 atom stereocenters. The maximum atomic E-state index is 11.8. The summed E-state index contributed by atoms with van der Waals surface area (Å²) in [6, 6.07) is 16.0. The summed E-state index contributed by atoms with van der Waals surface area (Å²) in [5.41, 5.74) is 2.20. The topological polar surface area (TPSA) is 45.8 Å². The number of H-pyrrole nitrogens is 1. The first-order valence-corrected chi connectivity index (χ1v) is 6.77. The van der Waals surface area contributed by atoms with E-state index in [1.54, 1.807) is 12.4 Å². The van der Waals surface area contributed by atoms with Crippen molar-refractivity contribution in [3.05, 3.63) is 77.5 Å². The fourth-order valence-corrected chi connectivity index (χ4v) is 2.73. The third-order valence-electron chi connectivity index (χ3n) is 3.77. The smallest absolute Gasteiger partial charge is 0.255 e. The summed E-state index contributed by atoms with van der Waals surface area (Å²) in [6.45, 7) is 0. The van der Waals surface area contributed by atoms with Crippen LogP contribution in [0.3, 0.4) is 0 Å². The van der Waals surface area contributed by atoms with Gasteiger partial charge in [-0.2, -0.15) is 0 Å². The van der Waals surface area contributed by atoms with Gasteiger partial charge in [-0.05, 0) is 46.2 Å². The number of hydrogen-bond donors (Lipinski definition) is 1. The zero-order valence-corrected chi connectivity index (χ0v) is 11.2. The van der Waals surface area contributed by atoms with Crippen molar-refractivity contribution in [2.45, 2.75) is 0 Å². The van der Waals surface area contributed by atoms with E-state index in [0.717, 1.165) is 27.3 Å². The Labute approximate surface area is 120 Å². The van der Waals surface area contributed by atoms with Crippen LogP contribution in [0.25, 0.3) is 32.7 Å². The van der Waals surface area contributed by atoms with E-state index in [-0.39, 0.29) is 5.56 Å². The second-order valence-corrected chi connectivity index (χ2v) is 5.01. The second-order valence-electron chi connectivity index (χ2n) is 5.01. The monoisotopic (exact) mass is 272 g/mol. The highest BCUT2D eigenvalue weighted by Crippen LogP contribution is 2.29. The lowest BCUT2D eigenvalue weighted by Gasteiger charge is -2.07. The number of pyridine rings is 2. The molecule has 0 spiro atoms. The van der Waals surface area contributed by atoms with Gasteiger partial charge in [-0.3, -0.25) is 9.78 Å². The predicted molar refractivity (Wildman–Crippen MR) is 85.3 cm³/mol. The molecule has 100 valence electrons. The van der Waals surface area contributed by atoms with Crippen LogP contribution in [0.1, 0.15) is 0 Å². The molecule has 3 heteroatoms. The lowest BCUT2D eigenvalue weighted by molar-refractivity contribution is 1.28. The first-order valence-electron chi connectivity index (χ1n) is 6.77. The van der Waals surface area contributed by atoms with Crippen LogP contribution in [0, 0.1) is 0 Å². The number of aromatic amines is 1. The summed E-state index contributed by atoms with van der Waals surface area (Å²) < 4.78 is 0. The summed E-state index contributed by atoms with van der Waals surface area (Å²) in [6.07, 6.45) is 5.35. The molecule has 0 fully saturated rings. The van der Waals surface area contributed by atoms with Gasteiger partial charge in [-0.1, -0.05) is 24.3 Å². The first kappa shape index (κ1) is 11.9. The fraction of sp³-hybridized carbons (Fsp3) is 0. The van der Waals surface area contributed by atoms with Crippen LogP contribution in [0.4, 0.5) is 0 Å². The fourth-order valence-electron chi connectivity index (χ4n) is 2.73. The molecule has 3 nitrogen and oxygen atoms in total. The van der Waals surface area contributed by atoms with Gasteiger partial charge in [0.15, 0.2) is 0 Å². The highest BCUT2D eigenvalue weighted by atomic mass is 16.1. The standard InChI is InChI=1S/C18H12N2O/c21-18-17-5-4-12(10-13(17)6-9-20-18)15-3-1-2-14-11-19-8-7-16(14)15/h1-11H,(H,20,21). The number of fused-ring (bicyclic) bond motifs is 2. The van der Waals surface area contributed by atoms with Crippen molar-refractivity contribution in [3.8, 4) is 11.1 Å². The van der Waals surface area contributed by atoms with Crippen molar-refractivity contribution in [2.75, 3.05) is 0 Å². The Morgan fingerprint density at radius 3 is 2.81 bits per heavy atom. The third-order valence-corrected chi connectivity index (χ3v) is 3.77. The van der Waals surface area contributed by atoms with Crippen LogP contribution in [0.5, 0.6) is 0 Å². The Morgan fingerprint density at radius 1 is 0.905 bits per heavy atom. The summed E-state index contributed by atoms with van der Waals surface area (Å²) in [5.74, 6) is 0. The molecule has 0 amide bonds. The summed E-state index contributed by atoms with van der Waals surface area (Å²) in [4.78, 5) is 18.6. The van der Waals surface area contributed by atoms with E-state index in [1.165, 1.54) is 0 Å². The molecule has 2 heterocycles. The molecular weight excluding hydrogens is 260 g/mol. The Hall–Kier alpha value is -2.94. The molecule has 2 aromatic heterocycles. The van der Waals surface area contributed by atoms with Crippen molar-refractivity contribution >= 4 is 21.5 Å². The molecule has 4 rings (SSSR count). The molecule has 21 heavy (non-hydrogen) atoms. The van der Waals surface area contributed by atoms with Gasteiger partial charge in [0.05, 0.1) is 0 Å². The molecule has 0 radical (unpaired) electrons. The Morgan fingerprint density at radius 2 is 1.86 bits per heavy atom. The molecule has 0 saturated carbocycles. The van der Waals surface area contributed by atoms with Gasteiger partial charge in [0, 0.05) is 29.4 Å². The van der Waals surface area contributed by atoms with Crippen molar-refractivity contribution in [1.29, 1.82) is 0 Å². The number of aromatic nitrogens is 2. The first-order chi connectivity index (χ1) is 10.3. The lowest BCUT2D eigenvalue weighted by Crippen LogP contribution is -2.03. The molecule has 0 aliphatic carbocycles. The molecule has 0 bridgehead atoms. The molecular formula is C18H12N2O. The van der Waals surface area contributed by atoms with Gasteiger partial charge in [0.1, 0.15) is 0 Å². The van der Waals surface area contributed by atoms with Gasteiger partial charge in [-0.15, -0.1) is 0 Å². The minimum atomic E-state index is -0.0545. The second kappa shape index (κ2) is 4.56. The molecule has 1 N–H and O–H groups in total. The molecule has 0 saturated heterocycles. The van der Waals surface area contributed by atoms with E-state index >= 15 is 0 Å². The number of benzene rings is 2. The van der Waals surface area contributed by atoms with Crippen molar-refractivity contribution in [1.82, 2.24) is 9.97 Å². The highest BCUT2D eigenvalue weighted by molar-refractivity contribution is 5.98. The number of nitrogens with zero attached hydrogens (tertiary/aromatic N) is 1. The zero-order valence-electron chi connectivity index (χ0n) is 11.2. The number of nitrogens with one attached hydrogen (secondary N) is 1. The predicted octanol–water partition coefficient (Wildman–Crippen LogP) is 3.74. The van der Waals surface area contributed by atoms with E-state index in [0.29, 0.717) is 5.39 Å². The number of hydrogen-bond acceptors (Lipinski definition) is 2. The van der Waals surface area contributed by atoms with E-state index in [4.69, 9.17) is 0 Å². The average molecular weight is 272 g/mol. The van der Waals surface area contributed by atoms with Crippen LogP contribution in [0.2, 0.25) is 0 Å². The summed E-state index contributed by atoms with van der Waals surface area (Å²) in [7, 11) is 0. The SMILES string of the molecule is O=c1[nH]ccc2cc(-c3cccc4cnccc34)ccc12. The van der Waals surface area contributed by atoms with Crippen LogP contribution in [-0.2, 0) is 0 Å². The quantitative estimate of drug-likeness (QED) is 0.573. The van der Waals surface area contributed by atoms with E-state index < -0.39 is 0 Å².